The summed E-state index contributed by atoms with van der Waals surface area (Å²) >= 11 is 0. The Bertz CT molecular complexity index is 619. The lowest BCUT2D eigenvalue weighted by atomic mass is 10.0. The summed E-state index contributed by atoms with van der Waals surface area (Å²) in [5, 5.41) is 13.4. The van der Waals surface area contributed by atoms with E-state index in [9.17, 15) is 5.11 Å². The molecule has 0 aliphatic carbocycles. The number of aromatic hydroxyl groups is 1. The Kier molecular flexibility index (Phi) is 4.56. The molecule has 116 valence electrons. The molecule has 0 radical (unpaired) electrons. The van der Waals surface area contributed by atoms with Gasteiger partial charge in [0, 0.05) is 50.2 Å². The number of nitrogens with one attached hydrogen (secondary N) is 1. The summed E-state index contributed by atoms with van der Waals surface area (Å²) in [7, 11) is 1.59. The lowest BCUT2D eigenvalue weighted by Gasteiger charge is -2.36. The smallest absolute Gasteiger partial charge is 0.164 e. The van der Waals surface area contributed by atoms with Crippen molar-refractivity contribution in [2.24, 2.45) is 0 Å². The number of hydrogen-bond acceptors (Lipinski definition) is 5. The maximum absolute atomic E-state index is 9.94. The van der Waals surface area contributed by atoms with Crippen molar-refractivity contribution in [3.05, 3.63) is 53.9 Å². The fourth-order valence-electron chi connectivity index (χ4n) is 2.99. The number of nitrogens with zero attached hydrogens (tertiary/aromatic N) is 2. The molecule has 2 heterocycles. The molecule has 1 fully saturated rings. The van der Waals surface area contributed by atoms with E-state index in [1.165, 1.54) is 5.56 Å². The Balaban J connectivity index is 1.85. The molecule has 2 aromatic rings. The van der Waals surface area contributed by atoms with E-state index in [1.54, 1.807) is 19.4 Å². The first kappa shape index (κ1) is 14.8. The second kappa shape index (κ2) is 6.77. The van der Waals surface area contributed by atoms with Crippen molar-refractivity contribution in [2.45, 2.75) is 12.6 Å². The topological polar surface area (TPSA) is 57.6 Å². The second-order valence-electron chi connectivity index (χ2n) is 5.45. The van der Waals surface area contributed by atoms with Crippen LogP contribution in [0.1, 0.15) is 17.2 Å². The van der Waals surface area contributed by atoms with E-state index in [0.29, 0.717) is 5.75 Å². The van der Waals surface area contributed by atoms with Crippen LogP contribution in [0, 0.1) is 0 Å². The predicted octanol–water partition coefficient (Wildman–Crippen LogP) is 1.94. The zero-order chi connectivity index (χ0) is 15.4. The number of pyridine rings is 1. The summed E-state index contributed by atoms with van der Waals surface area (Å²) < 4.78 is 5.35. The van der Waals surface area contributed by atoms with Gasteiger partial charge in [0.25, 0.3) is 0 Å². The molecule has 1 saturated heterocycles. The molecule has 1 aliphatic rings. The van der Waals surface area contributed by atoms with Crippen LogP contribution in [-0.2, 0) is 6.54 Å². The number of methoxy groups -OCH3 is 1. The van der Waals surface area contributed by atoms with Gasteiger partial charge in [-0.1, -0.05) is 18.2 Å². The number of phenolic OH excluding ortho intramolecular Hbond substituents is 1. The number of para-hydroxylation sites is 1. The van der Waals surface area contributed by atoms with Crippen molar-refractivity contribution >= 4 is 0 Å². The summed E-state index contributed by atoms with van der Waals surface area (Å²) in [6.45, 7) is 3.53. The SMILES string of the molecule is COc1c(O)cccc1CN1CCNCC1c1cccnc1. The molecule has 1 aromatic carbocycles. The Morgan fingerprint density at radius 3 is 3.05 bits per heavy atom. The minimum atomic E-state index is 0.188. The molecular formula is C17H21N3O2. The van der Waals surface area contributed by atoms with Gasteiger partial charge in [-0.25, -0.2) is 0 Å². The third-order valence-electron chi connectivity index (χ3n) is 4.08. The van der Waals surface area contributed by atoms with Gasteiger partial charge in [-0.15, -0.1) is 0 Å². The third kappa shape index (κ3) is 3.05. The molecule has 1 aliphatic heterocycles. The number of aromatic nitrogens is 1. The summed E-state index contributed by atoms with van der Waals surface area (Å²) in [6.07, 6.45) is 3.72. The van der Waals surface area contributed by atoms with Gasteiger partial charge in [-0.3, -0.25) is 9.88 Å². The van der Waals surface area contributed by atoms with E-state index < -0.39 is 0 Å². The first-order chi connectivity index (χ1) is 10.8. The van der Waals surface area contributed by atoms with Gasteiger partial charge >= 0.3 is 0 Å². The van der Waals surface area contributed by atoms with E-state index in [-0.39, 0.29) is 11.8 Å². The zero-order valence-electron chi connectivity index (χ0n) is 12.7. The molecule has 1 aromatic heterocycles. The monoisotopic (exact) mass is 299 g/mol. The molecule has 5 heteroatoms. The van der Waals surface area contributed by atoms with Crippen molar-refractivity contribution in [1.82, 2.24) is 15.2 Å². The summed E-state index contributed by atoms with van der Waals surface area (Å²) in [5.74, 6) is 0.749. The van der Waals surface area contributed by atoms with Crippen LogP contribution in [-0.4, -0.2) is 41.7 Å². The molecule has 0 saturated carbocycles. The maximum atomic E-state index is 9.94. The van der Waals surface area contributed by atoms with Crippen molar-refractivity contribution in [3.63, 3.8) is 0 Å². The summed E-state index contributed by atoms with van der Waals surface area (Å²) in [6, 6.07) is 9.86. The van der Waals surface area contributed by atoms with E-state index in [4.69, 9.17) is 4.74 Å². The van der Waals surface area contributed by atoms with Crippen LogP contribution < -0.4 is 10.1 Å². The van der Waals surface area contributed by atoms with Crippen LogP contribution in [0.2, 0.25) is 0 Å². The normalized spacial score (nSPS) is 19.0. The predicted molar refractivity (Wildman–Crippen MR) is 84.9 cm³/mol. The first-order valence-corrected chi connectivity index (χ1v) is 7.49. The molecule has 0 bridgehead atoms. The van der Waals surface area contributed by atoms with Crippen molar-refractivity contribution in [2.75, 3.05) is 26.7 Å². The highest BCUT2D eigenvalue weighted by molar-refractivity contribution is 5.45. The van der Waals surface area contributed by atoms with Crippen LogP contribution in [0.15, 0.2) is 42.7 Å². The van der Waals surface area contributed by atoms with Gasteiger partial charge in [-0.05, 0) is 17.7 Å². The fraction of sp³-hybridized carbons (Fsp3) is 0.353. The quantitative estimate of drug-likeness (QED) is 0.903. The standard InChI is InChI=1S/C17H21N3O2/c1-22-17-14(4-2-6-16(17)21)12-20-9-8-19-11-15(20)13-5-3-7-18-10-13/h2-7,10,15,19,21H,8-9,11-12H2,1H3. The molecule has 1 atom stereocenters. The van der Waals surface area contributed by atoms with Gasteiger partial charge in [0.05, 0.1) is 7.11 Å². The molecule has 1 unspecified atom stereocenters. The second-order valence-corrected chi connectivity index (χ2v) is 5.45. The Hall–Kier alpha value is -2.11. The number of hydrogen-bond donors (Lipinski definition) is 2. The number of piperazine rings is 1. The largest absolute Gasteiger partial charge is 0.504 e. The molecule has 2 N–H and O–H groups in total. The van der Waals surface area contributed by atoms with Crippen LogP contribution >= 0.6 is 0 Å². The molecule has 22 heavy (non-hydrogen) atoms. The van der Waals surface area contributed by atoms with E-state index >= 15 is 0 Å². The minimum absolute atomic E-state index is 0.188. The molecular weight excluding hydrogens is 278 g/mol. The van der Waals surface area contributed by atoms with Crippen molar-refractivity contribution in [3.8, 4) is 11.5 Å². The van der Waals surface area contributed by atoms with E-state index in [1.807, 2.05) is 24.4 Å². The van der Waals surface area contributed by atoms with Crippen LogP contribution in [0.4, 0.5) is 0 Å². The lowest BCUT2D eigenvalue weighted by molar-refractivity contribution is 0.151. The van der Waals surface area contributed by atoms with Gasteiger partial charge < -0.3 is 15.2 Å². The van der Waals surface area contributed by atoms with E-state index in [0.717, 1.165) is 31.7 Å². The average Bonchev–Trinajstić information content (AvgIpc) is 2.56. The van der Waals surface area contributed by atoms with E-state index in [2.05, 4.69) is 21.3 Å². The average molecular weight is 299 g/mol. The van der Waals surface area contributed by atoms with Crippen LogP contribution in [0.3, 0.4) is 0 Å². The van der Waals surface area contributed by atoms with Gasteiger partial charge in [0.15, 0.2) is 11.5 Å². The minimum Gasteiger partial charge on any atom is -0.504 e. The van der Waals surface area contributed by atoms with Crippen molar-refractivity contribution in [1.29, 1.82) is 0 Å². The highest BCUT2D eigenvalue weighted by Gasteiger charge is 2.25. The van der Waals surface area contributed by atoms with Gasteiger partial charge in [0.1, 0.15) is 0 Å². The van der Waals surface area contributed by atoms with Crippen LogP contribution in [0.5, 0.6) is 11.5 Å². The highest BCUT2D eigenvalue weighted by atomic mass is 16.5. The summed E-state index contributed by atoms with van der Waals surface area (Å²) in [4.78, 5) is 6.62. The van der Waals surface area contributed by atoms with Crippen LogP contribution in [0.25, 0.3) is 0 Å². The number of benzene rings is 1. The third-order valence-corrected chi connectivity index (χ3v) is 4.08. The number of phenols is 1. The lowest BCUT2D eigenvalue weighted by Crippen LogP contribution is -2.45. The Labute approximate surface area is 130 Å². The molecule has 3 rings (SSSR count). The Morgan fingerprint density at radius 2 is 2.27 bits per heavy atom. The fourth-order valence-corrected chi connectivity index (χ4v) is 2.99. The van der Waals surface area contributed by atoms with Gasteiger partial charge in [-0.2, -0.15) is 0 Å². The highest BCUT2D eigenvalue weighted by Crippen LogP contribution is 2.32. The van der Waals surface area contributed by atoms with Crippen molar-refractivity contribution < 1.29 is 9.84 Å². The molecule has 0 amide bonds. The Morgan fingerprint density at radius 1 is 1.36 bits per heavy atom. The first-order valence-electron chi connectivity index (χ1n) is 7.49. The van der Waals surface area contributed by atoms with Gasteiger partial charge in [0.2, 0.25) is 0 Å². The maximum Gasteiger partial charge on any atom is 0.164 e. The number of ether oxygens (including phenoxy) is 1. The number of rotatable bonds is 4. The summed E-state index contributed by atoms with van der Waals surface area (Å²) in [5.41, 5.74) is 2.20. The zero-order valence-corrected chi connectivity index (χ0v) is 12.7. The molecule has 5 nitrogen and oxygen atoms in total. The molecule has 0 spiro atoms.